The number of thioether (sulfide) groups is 1. The number of nitrogens with two attached hydrogens (primary N) is 1. The highest BCUT2D eigenvalue weighted by molar-refractivity contribution is 7.98. The predicted molar refractivity (Wildman–Crippen MR) is 82.6 cm³/mol. The second-order valence-electron chi connectivity index (χ2n) is 4.75. The Balaban J connectivity index is 2.15. The van der Waals surface area contributed by atoms with Crippen LogP contribution in [0.2, 0.25) is 0 Å². The topological polar surface area (TPSA) is 61.7 Å². The molecule has 2 rings (SSSR count). The summed E-state index contributed by atoms with van der Waals surface area (Å²) in [5, 5.41) is 4.50. The Morgan fingerprint density at radius 1 is 1.26 bits per heavy atom. The summed E-state index contributed by atoms with van der Waals surface area (Å²) < 4.78 is 4.11. The van der Waals surface area contributed by atoms with Gasteiger partial charge in [-0.25, -0.2) is 9.67 Å². The van der Waals surface area contributed by atoms with E-state index in [1.165, 1.54) is 18.6 Å². The summed E-state index contributed by atoms with van der Waals surface area (Å²) in [6, 6.07) is 0. The third kappa shape index (κ3) is 2.88. The van der Waals surface area contributed by atoms with Crippen LogP contribution in [0.25, 0.3) is 11.2 Å². The van der Waals surface area contributed by atoms with Crippen molar-refractivity contribution in [2.24, 2.45) is 0 Å². The summed E-state index contributed by atoms with van der Waals surface area (Å²) in [6.45, 7) is 5.87. The van der Waals surface area contributed by atoms with E-state index >= 15 is 0 Å². The van der Waals surface area contributed by atoms with Crippen LogP contribution in [-0.4, -0.2) is 31.3 Å². The first kappa shape index (κ1) is 14.2. The number of imidazole rings is 1. The molecule has 2 aromatic heterocycles. The van der Waals surface area contributed by atoms with Gasteiger partial charge in [0.05, 0.1) is 5.69 Å². The molecule has 2 N–H and O–H groups in total. The molecule has 0 aromatic carbocycles. The Labute approximate surface area is 118 Å². The smallest absolute Gasteiger partial charge is 0.202 e. The molecule has 0 bridgehead atoms. The quantitative estimate of drug-likeness (QED) is 0.793. The number of aromatic nitrogens is 4. The van der Waals surface area contributed by atoms with Gasteiger partial charge in [0.25, 0.3) is 0 Å². The van der Waals surface area contributed by atoms with Crippen LogP contribution < -0.4 is 5.73 Å². The molecule has 0 atom stereocenters. The summed E-state index contributed by atoms with van der Waals surface area (Å²) >= 11 is 1.91. The normalized spacial score (nSPS) is 11.5. The van der Waals surface area contributed by atoms with Crippen molar-refractivity contribution in [2.45, 2.75) is 46.2 Å². The maximum Gasteiger partial charge on any atom is 0.202 e. The maximum absolute atomic E-state index is 6.04. The highest BCUT2D eigenvalue weighted by Crippen LogP contribution is 2.21. The number of hydrogen-bond donors (Lipinski definition) is 1. The fraction of sp³-hybridized carbons (Fsp3) is 0.692. The highest BCUT2D eigenvalue weighted by Gasteiger charge is 2.15. The Morgan fingerprint density at radius 3 is 2.74 bits per heavy atom. The van der Waals surface area contributed by atoms with Crippen molar-refractivity contribution in [3.8, 4) is 0 Å². The zero-order valence-corrected chi connectivity index (χ0v) is 12.8. The van der Waals surface area contributed by atoms with E-state index in [0.717, 1.165) is 36.4 Å². The summed E-state index contributed by atoms with van der Waals surface area (Å²) in [6.07, 6.45) is 5.80. The van der Waals surface area contributed by atoms with Crippen molar-refractivity contribution >= 4 is 28.9 Å². The molecule has 106 valence electrons. The van der Waals surface area contributed by atoms with E-state index in [1.807, 2.05) is 23.4 Å². The number of hydrogen-bond acceptors (Lipinski definition) is 4. The Morgan fingerprint density at radius 2 is 2.05 bits per heavy atom. The van der Waals surface area contributed by atoms with Gasteiger partial charge >= 0.3 is 0 Å². The number of anilines is 1. The largest absolute Gasteiger partial charge is 0.369 e. The van der Waals surface area contributed by atoms with Gasteiger partial charge in [-0.1, -0.05) is 6.42 Å². The van der Waals surface area contributed by atoms with Crippen LogP contribution in [0, 0.1) is 6.92 Å². The van der Waals surface area contributed by atoms with Crippen LogP contribution in [0.5, 0.6) is 0 Å². The van der Waals surface area contributed by atoms with Crippen LogP contribution >= 0.6 is 11.8 Å². The molecule has 0 saturated carbocycles. The van der Waals surface area contributed by atoms with Crippen LogP contribution in [0.1, 0.15) is 31.9 Å². The minimum Gasteiger partial charge on any atom is -0.369 e. The van der Waals surface area contributed by atoms with Gasteiger partial charge in [-0.05, 0) is 38.7 Å². The molecule has 2 heterocycles. The first-order valence-corrected chi connectivity index (χ1v) is 8.26. The maximum atomic E-state index is 6.04. The molecule has 0 radical (unpaired) electrons. The average Bonchev–Trinajstić information content (AvgIpc) is 2.88. The third-order valence-corrected chi connectivity index (χ3v) is 4.05. The van der Waals surface area contributed by atoms with Gasteiger partial charge < -0.3 is 5.73 Å². The second kappa shape index (κ2) is 6.32. The fourth-order valence-electron chi connectivity index (χ4n) is 2.38. The molecule has 0 spiro atoms. The number of nitrogens with zero attached hydrogens (tertiary/aromatic N) is 4. The molecule has 5 nitrogen and oxygen atoms in total. The lowest BCUT2D eigenvalue weighted by Crippen LogP contribution is -2.08. The van der Waals surface area contributed by atoms with Crippen LogP contribution in [0.3, 0.4) is 0 Å². The minimum absolute atomic E-state index is 0.613. The lowest BCUT2D eigenvalue weighted by atomic mass is 10.2. The minimum atomic E-state index is 0.613. The van der Waals surface area contributed by atoms with Gasteiger partial charge in [-0.15, -0.1) is 0 Å². The fourth-order valence-corrected chi connectivity index (χ4v) is 2.87. The molecule has 0 unspecified atom stereocenters. The van der Waals surface area contributed by atoms with Gasteiger partial charge in [0.1, 0.15) is 5.52 Å². The molecule has 0 fully saturated rings. The van der Waals surface area contributed by atoms with E-state index < -0.39 is 0 Å². The van der Waals surface area contributed by atoms with Gasteiger partial charge in [0.15, 0.2) is 5.65 Å². The number of aryl methyl sites for hydroxylation is 3. The van der Waals surface area contributed by atoms with Crippen LogP contribution in [0.15, 0.2) is 0 Å². The summed E-state index contributed by atoms with van der Waals surface area (Å²) in [4.78, 5) is 4.45. The Hall–Kier alpha value is -1.17. The van der Waals surface area contributed by atoms with E-state index in [9.17, 15) is 0 Å². The Bertz CT molecular complexity index is 543. The monoisotopic (exact) mass is 281 g/mol. The standard InChI is InChI=1S/C13H23N5S/c1-4-18-12-11(10(2)16-18)15-13(14)17(12)8-6-5-7-9-19-3/h4-9H2,1-3H3,(H2,14,15). The van der Waals surface area contributed by atoms with Gasteiger partial charge in [-0.3, -0.25) is 4.57 Å². The molecule has 0 aliphatic carbocycles. The van der Waals surface area contributed by atoms with E-state index in [4.69, 9.17) is 5.73 Å². The molecule has 6 heteroatoms. The summed E-state index contributed by atoms with van der Waals surface area (Å²) in [5.41, 5.74) is 9.02. The number of unbranched alkanes of at least 4 members (excludes halogenated alkanes) is 2. The lowest BCUT2D eigenvalue weighted by Gasteiger charge is -2.07. The molecule has 0 aliphatic rings. The predicted octanol–water partition coefficient (Wildman–Crippen LogP) is 2.68. The Kier molecular flexibility index (Phi) is 4.74. The van der Waals surface area contributed by atoms with E-state index in [2.05, 4.69) is 27.8 Å². The molecular weight excluding hydrogens is 258 g/mol. The summed E-state index contributed by atoms with van der Waals surface area (Å²) in [7, 11) is 0. The molecule has 0 saturated heterocycles. The van der Waals surface area contributed by atoms with Crippen molar-refractivity contribution in [2.75, 3.05) is 17.7 Å². The number of fused-ring (bicyclic) bond motifs is 1. The third-order valence-electron chi connectivity index (χ3n) is 3.36. The van der Waals surface area contributed by atoms with Gasteiger partial charge in [-0.2, -0.15) is 16.9 Å². The first-order valence-electron chi connectivity index (χ1n) is 6.87. The van der Waals surface area contributed by atoms with Crippen molar-refractivity contribution < 1.29 is 0 Å². The zero-order chi connectivity index (χ0) is 13.8. The lowest BCUT2D eigenvalue weighted by molar-refractivity contribution is 0.591. The number of rotatable bonds is 7. The SMILES string of the molecule is CCn1nc(C)c2nc(N)n(CCCCCSC)c21. The molecule has 0 amide bonds. The highest BCUT2D eigenvalue weighted by atomic mass is 32.2. The van der Waals surface area contributed by atoms with Crippen molar-refractivity contribution in [1.29, 1.82) is 0 Å². The van der Waals surface area contributed by atoms with Crippen molar-refractivity contribution in [3.63, 3.8) is 0 Å². The van der Waals surface area contributed by atoms with Crippen LogP contribution in [0.4, 0.5) is 5.95 Å². The zero-order valence-electron chi connectivity index (χ0n) is 12.0. The first-order chi connectivity index (χ1) is 9.19. The molecule has 2 aromatic rings. The van der Waals surface area contributed by atoms with Crippen LogP contribution in [-0.2, 0) is 13.1 Å². The molecule has 0 aliphatic heterocycles. The van der Waals surface area contributed by atoms with Crippen molar-refractivity contribution in [3.05, 3.63) is 5.69 Å². The van der Waals surface area contributed by atoms with E-state index in [-0.39, 0.29) is 0 Å². The van der Waals surface area contributed by atoms with Crippen molar-refractivity contribution in [1.82, 2.24) is 19.3 Å². The van der Waals surface area contributed by atoms with E-state index in [0.29, 0.717) is 5.95 Å². The van der Waals surface area contributed by atoms with E-state index in [1.54, 1.807) is 0 Å². The molecular formula is C13H23N5S. The average molecular weight is 281 g/mol. The summed E-state index contributed by atoms with van der Waals surface area (Å²) in [5.74, 6) is 1.85. The molecule has 19 heavy (non-hydrogen) atoms. The van der Waals surface area contributed by atoms with Gasteiger partial charge in [0, 0.05) is 13.1 Å². The second-order valence-corrected chi connectivity index (χ2v) is 5.73. The number of nitrogen functional groups attached to an aromatic ring is 1. The van der Waals surface area contributed by atoms with Gasteiger partial charge in [0.2, 0.25) is 5.95 Å².